The number of carbonyl (C=O) groups excluding carboxylic acids is 1. The molecule has 0 N–H and O–H groups in total. The van der Waals surface area contributed by atoms with Crippen LogP contribution >= 0.6 is 23.4 Å². The molecule has 0 fully saturated rings. The summed E-state index contributed by atoms with van der Waals surface area (Å²) in [6, 6.07) is 11.6. The van der Waals surface area contributed by atoms with Crippen LogP contribution in [0.1, 0.15) is 23.6 Å². The first kappa shape index (κ1) is 17.7. The number of aryl methyl sites for hydroxylation is 2. The first-order valence-corrected chi connectivity index (χ1v) is 8.50. The fourth-order valence-corrected chi connectivity index (χ4v) is 3.14. The summed E-state index contributed by atoms with van der Waals surface area (Å²) >= 11 is 7.27. The van der Waals surface area contributed by atoms with Gasteiger partial charge in [0.1, 0.15) is 12.4 Å². The Morgan fingerprint density at radius 2 is 2.04 bits per heavy atom. The lowest BCUT2D eigenvalue weighted by molar-refractivity contribution is 0.200. The minimum atomic E-state index is -0.378. The van der Waals surface area contributed by atoms with Gasteiger partial charge in [0, 0.05) is 15.5 Å². The Labute approximate surface area is 145 Å². The van der Waals surface area contributed by atoms with E-state index in [1.54, 1.807) is 12.1 Å². The van der Waals surface area contributed by atoms with Crippen LogP contribution in [-0.2, 0) is 17.8 Å². The van der Waals surface area contributed by atoms with Crippen LogP contribution in [0.4, 0.5) is 4.79 Å². The maximum absolute atomic E-state index is 11.5. The summed E-state index contributed by atoms with van der Waals surface area (Å²) in [5.74, 6) is 0.816. The molecule has 0 heterocycles. The number of ether oxygens (including phenoxy) is 2. The molecule has 0 radical (unpaired) electrons. The van der Waals surface area contributed by atoms with Crippen molar-refractivity contribution in [1.82, 2.24) is 0 Å². The Morgan fingerprint density at radius 1 is 1.26 bits per heavy atom. The molecule has 2 aromatic carbocycles. The first-order valence-electron chi connectivity index (χ1n) is 7.30. The van der Waals surface area contributed by atoms with Crippen molar-refractivity contribution in [2.24, 2.45) is 0 Å². The third-order valence-corrected chi connectivity index (χ3v) is 4.75. The van der Waals surface area contributed by atoms with Crippen molar-refractivity contribution in [3.05, 3.63) is 58.1 Å². The lowest BCUT2D eigenvalue weighted by Crippen LogP contribution is -2.01. The minimum Gasteiger partial charge on any atom is -0.489 e. The van der Waals surface area contributed by atoms with Crippen LogP contribution < -0.4 is 4.74 Å². The van der Waals surface area contributed by atoms with Crippen molar-refractivity contribution >= 4 is 28.7 Å². The van der Waals surface area contributed by atoms with Crippen molar-refractivity contribution < 1.29 is 14.3 Å². The maximum atomic E-state index is 11.5. The van der Waals surface area contributed by atoms with E-state index < -0.39 is 0 Å². The van der Waals surface area contributed by atoms with Crippen molar-refractivity contribution in [3.8, 4) is 5.75 Å². The fourth-order valence-electron chi connectivity index (χ4n) is 2.15. The minimum absolute atomic E-state index is 0.297. The highest BCUT2D eigenvalue weighted by Gasteiger charge is 2.13. The monoisotopic (exact) mass is 350 g/mol. The summed E-state index contributed by atoms with van der Waals surface area (Å²) in [7, 11) is 1.36. The number of methoxy groups -OCH3 is 1. The number of benzene rings is 2. The van der Waals surface area contributed by atoms with Crippen molar-refractivity contribution in [2.45, 2.75) is 31.8 Å². The molecule has 0 aliphatic rings. The SMILES string of the molecule is CCc1ccc(OCc2c(Cl)cccc2SC(=O)OC)c(C)c1. The smallest absolute Gasteiger partial charge is 0.371 e. The molecule has 0 bridgehead atoms. The molecular weight excluding hydrogens is 332 g/mol. The second kappa shape index (κ2) is 8.27. The number of rotatable bonds is 5. The molecule has 5 heteroatoms. The molecule has 0 unspecified atom stereocenters. The van der Waals surface area contributed by atoms with E-state index in [0.29, 0.717) is 11.6 Å². The lowest BCUT2D eigenvalue weighted by Gasteiger charge is -2.14. The molecule has 0 saturated heterocycles. The van der Waals surface area contributed by atoms with E-state index in [1.807, 2.05) is 19.1 Å². The molecule has 3 nitrogen and oxygen atoms in total. The van der Waals surface area contributed by atoms with E-state index in [4.69, 9.17) is 21.1 Å². The van der Waals surface area contributed by atoms with Crippen molar-refractivity contribution in [3.63, 3.8) is 0 Å². The molecule has 0 aliphatic heterocycles. The fraction of sp³-hybridized carbons (Fsp3) is 0.278. The number of carbonyl (C=O) groups is 1. The zero-order valence-electron chi connectivity index (χ0n) is 13.4. The van der Waals surface area contributed by atoms with Gasteiger partial charge in [-0.3, -0.25) is 0 Å². The highest BCUT2D eigenvalue weighted by Crippen LogP contribution is 2.31. The number of thioether (sulfide) groups is 1. The summed E-state index contributed by atoms with van der Waals surface area (Å²) in [4.78, 5) is 12.2. The van der Waals surface area contributed by atoms with E-state index >= 15 is 0 Å². The number of hydrogen-bond donors (Lipinski definition) is 0. The highest BCUT2D eigenvalue weighted by atomic mass is 35.5. The molecule has 122 valence electrons. The Bertz CT molecular complexity index is 701. The summed E-state index contributed by atoms with van der Waals surface area (Å²) in [5, 5.41) is 0.193. The van der Waals surface area contributed by atoms with Crippen LogP contribution in [0, 0.1) is 6.92 Å². The molecule has 0 aromatic heterocycles. The van der Waals surface area contributed by atoms with Crippen molar-refractivity contribution in [1.29, 1.82) is 0 Å². The molecule has 0 atom stereocenters. The second-order valence-corrected chi connectivity index (χ2v) is 6.40. The van der Waals surface area contributed by atoms with Gasteiger partial charge < -0.3 is 9.47 Å². The normalized spacial score (nSPS) is 10.4. The van der Waals surface area contributed by atoms with E-state index in [2.05, 4.69) is 19.1 Å². The Morgan fingerprint density at radius 3 is 2.70 bits per heavy atom. The van der Waals surface area contributed by atoms with Gasteiger partial charge in [0.25, 0.3) is 0 Å². The molecule has 0 amide bonds. The highest BCUT2D eigenvalue weighted by molar-refractivity contribution is 8.13. The molecule has 2 rings (SSSR count). The van der Waals surface area contributed by atoms with Gasteiger partial charge in [0.2, 0.25) is 0 Å². The van der Waals surface area contributed by atoms with E-state index in [-0.39, 0.29) is 5.30 Å². The number of hydrogen-bond acceptors (Lipinski definition) is 4. The largest absolute Gasteiger partial charge is 0.489 e. The Balaban J connectivity index is 2.18. The van der Waals surface area contributed by atoms with Gasteiger partial charge in [-0.2, -0.15) is 0 Å². The predicted molar refractivity (Wildman–Crippen MR) is 94.6 cm³/mol. The Kier molecular flexibility index (Phi) is 6.37. The first-order chi connectivity index (χ1) is 11.0. The van der Waals surface area contributed by atoms with Gasteiger partial charge in [0.05, 0.1) is 7.11 Å². The Hall–Kier alpha value is -1.65. The van der Waals surface area contributed by atoms with E-state index in [1.165, 1.54) is 12.7 Å². The van der Waals surface area contributed by atoms with Crippen molar-refractivity contribution in [2.75, 3.05) is 7.11 Å². The zero-order valence-corrected chi connectivity index (χ0v) is 15.0. The number of halogens is 1. The summed E-state index contributed by atoms with van der Waals surface area (Å²) in [5.41, 5.74) is 3.14. The summed E-state index contributed by atoms with van der Waals surface area (Å²) < 4.78 is 10.6. The van der Waals surface area contributed by atoms with Gasteiger partial charge in [-0.15, -0.1) is 0 Å². The van der Waals surface area contributed by atoms with E-state index in [9.17, 15) is 4.79 Å². The molecule has 0 aliphatic carbocycles. The quantitative estimate of drug-likeness (QED) is 0.515. The summed E-state index contributed by atoms with van der Waals surface area (Å²) in [6.45, 7) is 4.44. The van der Waals surface area contributed by atoms with E-state index in [0.717, 1.165) is 40.0 Å². The molecule has 2 aromatic rings. The summed E-state index contributed by atoms with van der Waals surface area (Å²) in [6.07, 6.45) is 0.992. The average molecular weight is 351 g/mol. The zero-order chi connectivity index (χ0) is 16.8. The second-order valence-electron chi connectivity index (χ2n) is 5.01. The van der Waals surface area contributed by atoms with Crippen LogP contribution in [0.25, 0.3) is 0 Å². The van der Waals surface area contributed by atoms with Crippen LogP contribution in [0.15, 0.2) is 41.3 Å². The van der Waals surface area contributed by atoms with Crippen LogP contribution in [0.3, 0.4) is 0 Å². The molecular formula is C18H19ClO3S. The topological polar surface area (TPSA) is 35.5 Å². The molecule has 23 heavy (non-hydrogen) atoms. The predicted octanol–water partition coefficient (Wildman–Crippen LogP) is 5.65. The van der Waals surface area contributed by atoms with Crippen LogP contribution in [0.5, 0.6) is 5.75 Å². The van der Waals surface area contributed by atoms with Crippen LogP contribution in [0.2, 0.25) is 5.02 Å². The third-order valence-electron chi connectivity index (χ3n) is 3.46. The van der Waals surface area contributed by atoms with Crippen LogP contribution in [-0.4, -0.2) is 12.4 Å². The molecule has 0 spiro atoms. The lowest BCUT2D eigenvalue weighted by atomic mass is 10.1. The van der Waals surface area contributed by atoms with Gasteiger partial charge >= 0.3 is 5.30 Å². The average Bonchev–Trinajstić information content (AvgIpc) is 2.55. The standard InChI is InChI=1S/C18H19ClO3S/c1-4-13-8-9-16(12(2)10-13)22-11-14-15(19)6-5-7-17(14)23-18(20)21-3/h5-10H,4,11H2,1-3H3. The van der Waals surface area contributed by atoms with Gasteiger partial charge in [-0.25, -0.2) is 4.79 Å². The maximum Gasteiger partial charge on any atom is 0.371 e. The van der Waals surface area contributed by atoms with Gasteiger partial charge in [0.15, 0.2) is 0 Å². The van der Waals surface area contributed by atoms with Gasteiger partial charge in [-0.1, -0.05) is 36.7 Å². The third kappa shape index (κ3) is 4.66. The van der Waals surface area contributed by atoms with Gasteiger partial charge in [-0.05, 0) is 54.4 Å². The molecule has 0 saturated carbocycles.